The van der Waals surface area contributed by atoms with Crippen LogP contribution in [0.15, 0.2) is 30.5 Å². The molecule has 2 aromatic rings. The Morgan fingerprint density at radius 3 is 2.95 bits per heavy atom. The molecule has 1 aliphatic rings. The highest BCUT2D eigenvalue weighted by Gasteiger charge is 2.22. The normalized spacial score (nSPS) is 16.7. The highest BCUT2D eigenvalue weighted by Crippen LogP contribution is 2.30. The fourth-order valence-corrected chi connectivity index (χ4v) is 3.19. The van der Waals surface area contributed by atoms with Gasteiger partial charge in [0.2, 0.25) is 5.91 Å². The van der Waals surface area contributed by atoms with Crippen LogP contribution < -0.4 is 0 Å². The number of nitrogens with zero attached hydrogens (tertiary/aromatic N) is 1. The first-order chi connectivity index (χ1) is 10.6. The molecule has 0 radical (unpaired) electrons. The minimum Gasteiger partial charge on any atom is -0.360 e. The third kappa shape index (κ3) is 2.77. The lowest BCUT2D eigenvalue weighted by atomic mass is 9.99. The summed E-state index contributed by atoms with van der Waals surface area (Å²) in [7, 11) is 0. The van der Waals surface area contributed by atoms with Gasteiger partial charge in [0.1, 0.15) is 5.82 Å². The quantitative estimate of drug-likeness (QED) is 0.937. The Morgan fingerprint density at radius 2 is 2.27 bits per heavy atom. The summed E-state index contributed by atoms with van der Waals surface area (Å²) in [6.07, 6.45) is 6.83. The molecule has 1 N–H and O–H groups in total. The molecule has 22 heavy (non-hydrogen) atoms. The van der Waals surface area contributed by atoms with Crippen LogP contribution in [0.1, 0.15) is 18.9 Å². The van der Waals surface area contributed by atoms with Crippen molar-refractivity contribution < 1.29 is 9.18 Å². The van der Waals surface area contributed by atoms with Crippen molar-refractivity contribution in [2.24, 2.45) is 0 Å². The van der Waals surface area contributed by atoms with Gasteiger partial charge in [-0.2, -0.15) is 11.8 Å². The number of aromatic amines is 1. The van der Waals surface area contributed by atoms with Crippen molar-refractivity contribution in [3.8, 4) is 0 Å². The lowest BCUT2D eigenvalue weighted by Gasteiger charge is -2.28. The Labute approximate surface area is 133 Å². The number of thioether (sulfide) groups is 1. The second kappa shape index (κ2) is 6.16. The van der Waals surface area contributed by atoms with Crippen molar-refractivity contribution in [2.45, 2.75) is 18.6 Å². The topological polar surface area (TPSA) is 36.1 Å². The lowest BCUT2D eigenvalue weighted by molar-refractivity contribution is -0.129. The molecule has 116 valence electrons. The number of amides is 1. The van der Waals surface area contributed by atoms with Crippen LogP contribution in [0, 0.1) is 5.82 Å². The third-order valence-corrected chi connectivity index (χ3v) is 5.12. The first-order valence-corrected chi connectivity index (χ1v) is 8.66. The van der Waals surface area contributed by atoms with Crippen molar-refractivity contribution in [3.05, 3.63) is 41.9 Å². The molecule has 0 saturated carbocycles. The zero-order valence-corrected chi connectivity index (χ0v) is 13.5. The number of benzene rings is 1. The number of carbonyl (C=O) groups is 1. The van der Waals surface area contributed by atoms with Crippen LogP contribution >= 0.6 is 11.8 Å². The van der Waals surface area contributed by atoms with Gasteiger partial charge in [0.25, 0.3) is 0 Å². The highest BCUT2D eigenvalue weighted by molar-refractivity contribution is 7.99. The summed E-state index contributed by atoms with van der Waals surface area (Å²) < 4.78 is 13.3. The molecule has 1 aromatic heterocycles. The van der Waals surface area contributed by atoms with Crippen molar-refractivity contribution >= 4 is 34.1 Å². The van der Waals surface area contributed by atoms with Gasteiger partial charge in [-0.1, -0.05) is 6.08 Å². The average molecular weight is 318 g/mol. The molecule has 0 aliphatic carbocycles. The summed E-state index contributed by atoms with van der Waals surface area (Å²) in [5.41, 5.74) is 3.14. The van der Waals surface area contributed by atoms with Crippen molar-refractivity contribution in [1.29, 1.82) is 0 Å². The zero-order valence-electron chi connectivity index (χ0n) is 12.7. The van der Waals surface area contributed by atoms with Crippen molar-refractivity contribution in [2.75, 3.05) is 19.3 Å². The first kappa shape index (κ1) is 15.2. The number of aromatic nitrogens is 1. The maximum absolute atomic E-state index is 13.3. The summed E-state index contributed by atoms with van der Waals surface area (Å²) in [6.45, 7) is 3.33. The van der Waals surface area contributed by atoms with Crippen LogP contribution in [0.3, 0.4) is 0 Å². The molecule has 1 aromatic carbocycles. The van der Waals surface area contributed by atoms with Crippen LogP contribution in [-0.4, -0.2) is 40.4 Å². The van der Waals surface area contributed by atoms with E-state index in [0.29, 0.717) is 6.54 Å². The van der Waals surface area contributed by atoms with E-state index in [1.54, 1.807) is 11.8 Å². The minimum atomic E-state index is -0.235. The van der Waals surface area contributed by atoms with Crippen LogP contribution in [0.5, 0.6) is 0 Å². The molecule has 0 fully saturated rings. The van der Waals surface area contributed by atoms with Gasteiger partial charge in [-0.3, -0.25) is 4.79 Å². The minimum absolute atomic E-state index is 0.00557. The molecule has 1 atom stereocenters. The Morgan fingerprint density at radius 1 is 1.45 bits per heavy atom. The maximum Gasteiger partial charge on any atom is 0.235 e. The van der Waals surface area contributed by atoms with E-state index in [1.165, 1.54) is 17.7 Å². The Bertz CT molecular complexity index is 737. The average Bonchev–Trinajstić information content (AvgIpc) is 2.96. The van der Waals surface area contributed by atoms with Gasteiger partial charge in [0.15, 0.2) is 0 Å². The molecule has 2 heterocycles. The fraction of sp³-hybridized carbons (Fsp3) is 0.353. The molecule has 1 aliphatic heterocycles. The number of H-pyrrole nitrogens is 1. The number of hydrogen-bond acceptors (Lipinski definition) is 2. The van der Waals surface area contributed by atoms with Crippen molar-refractivity contribution in [1.82, 2.24) is 9.88 Å². The summed E-state index contributed by atoms with van der Waals surface area (Å²) >= 11 is 1.58. The van der Waals surface area contributed by atoms with E-state index < -0.39 is 0 Å². The van der Waals surface area contributed by atoms with E-state index in [2.05, 4.69) is 11.1 Å². The number of carbonyl (C=O) groups excluding carboxylic acids is 1. The van der Waals surface area contributed by atoms with Gasteiger partial charge < -0.3 is 9.88 Å². The summed E-state index contributed by atoms with van der Waals surface area (Å²) in [6, 6.07) is 4.81. The van der Waals surface area contributed by atoms with Gasteiger partial charge in [-0.25, -0.2) is 4.39 Å². The van der Waals surface area contributed by atoms with Crippen LogP contribution in [-0.2, 0) is 4.79 Å². The van der Waals surface area contributed by atoms with E-state index in [0.717, 1.165) is 29.4 Å². The zero-order chi connectivity index (χ0) is 15.7. The van der Waals surface area contributed by atoms with Crippen LogP contribution in [0.4, 0.5) is 4.39 Å². The van der Waals surface area contributed by atoms with E-state index >= 15 is 0 Å². The summed E-state index contributed by atoms with van der Waals surface area (Å²) in [4.78, 5) is 17.2. The van der Waals surface area contributed by atoms with Crippen molar-refractivity contribution in [3.63, 3.8) is 0 Å². The maximum atomic E-state index is 13.3. The molecule has 1 amide bonds. The lowest BCUT2D eigenvalue weighted by Crippen LogP contribution is -2.39. The van der Waals surface area contributed by atoms with Gasteiger partial charge in [0.05, 0.1) is 5.25 Å². The number of fused-ring (bicyclic) bond motifs is 1. The molecule has 0 spiro atoms. The van der Waals surface area contributed by atoms with Gasteiger partial charge in [0, 0.05) is 35.8 Å². The van der Waals surface area contributed by atoms with E-state index in [9.17, 15) is 9.18 Å². The third-order valence-electron chi connectivity index (χ3n) is 4.21. The number of halogens is 1. The largest absolute Gasteiger partial charge is 0.360 e. The highest BCUT2D eigenvalue weighted by atomic mass is 32.2. The number of hydrogen-bond donors (Lipinski definition) is 1. The first-order valence-electron chi connectivity index (χ1n) is 7.38. The van der Waals surface area contributed by atoms with E-state index in [1.807, 2.05) is 30.3 Å². The Hall–Kier alpha value is -1.75. The fourth-order valence-electron chi connectivity index (χ4n) is 2.84. The van der Waals surface area contributed by atoms with Crippen LogP contribution in [0.2, 0.25) is 0 Å². The second-order valence-corrected chi connectivity index (χ2v) is 6.71. The predicted octanol–water partition coefficient (Wildman–Crippen LogP) is 3.67. The van der Waals surface area contributed by atoms with Gasteiger partial charge in [-0.05, 0) is 43.4 Å². The molecule has 3 nitrogen and oxygen atoms in total. The molecular formula is C17H19FN2OS. The van der Waals surface area contributed by atoms with Gasteiger partial charge >= 0.3 is 0 Å². The summed E-state index contributed by atoms with van der Waals surface area (Å²) in [5, 5.41) is 1.04. The Kier molecular flexibility index (Phi) is 4.25. The molecule has 5 heteroatoms. The smallest absolute Gasteiger partial charge is 0.235 e. The molecular weight excluding hydrogens is 299 g/mol. The van der Waals surface area contributed by atoms with Crippen LogP contribution in [0.25, 0.3) is 16.5 Å². The Balaban J connectivity index is 1.82. The monoisotopic (exact) mass is 318 g/mol. The van der Waals surface area contributed by atoms with E-state index in [-0.39, 0.29) is 17.0 Å². The SMILES string of the molecule is CSC(C)C(=O)N1CC=C(c2c[nH]c3cc(F)ccc23)CC1. The van der Waals surface area contributed by atoms with E-state index in [4.69, 9.17) is 0 Å². The number of rotatable bonds is 3. The molecule has 1 unspecified atom stereocenters. The molecule has 0 saturated heterocycles. The number of nitrogens with one attached hydrogen (secondary N) is 1. The molecule has 0 bridgehead atoms. The molecule has 3 rings (SSSR count). The second-order valence-electron chi connectivity index (χ2n) is 5.53. The predicted molar refractivity (Wildman–Crippen MR) is 90.4 cm³/mol. The standard InChI is InChI=1S/C17H19FN2OS/c1-11(22-2)17(21)20-7-5-12(6-8-20)15-10-19-16-9-13(18)3-4-14(15)16/h3-5,9-11,19H,6-8H2,1-2H3. The summed E-state index contributed by atoms with van der Waals surface area (Å²) in [5.74, 6) is -0.0369. The van der Waals surface area contributed by atoms with Gasteiger partial charge in [-0.15, -0.1) is 0 Å².